The van der Waals surface area contributed by atoms with Crippen LogP contribution in [0.3, 0.4) is 0 Å². The van der Waals surface area contributed by atoms with Crippen LogP contribution in [0.2, 0.25) is 5.02 Å². The molecular weight excluding hydrogens is 396 g/mol. The fourth-order valence-electron chi connectivity index (χ4n) is 2.83. The normalized spacial score (nSPS) is 10.5. The highest BCUT2D eigenvalue weighted by molar-refractivity contribution is 6.32. The number of ether oxygens (including phenoxy) is 3. The molecule has 0 saturated heterocycles. The van der Waals surface area contributed by atoms with Gasteiger partial charge in [-0.05, 0) is 25.1 Å². The Morgan fingerprint density at radius 2 is 1.79 bits per heavy atom. The molecule has 0 bridgehead atoms. The van der Waals surface area contributed by atoms with E-state index in [2.05, 4.69) is 10.3 Å². The van der Waals surface area contributed by atoms with Gasteiger partial charge in [0.1, 0.15) is 11.5 Å². The number of carbonyl (C=O) groups excluding carboxylic acids is 2. The van der Waals surface area contributed by atoms with E-state index in [1.54, 1.807) is 25.1 Å². The van der Waals surface area contributed by atoms with Gasteiger partial charge in [-0.3, -0.25) is 9.78 Å². The average Bonchev–Trinajstić information content (AvgIpc) is 2.71. The Hall–Kier alpha value is -3.32. The topological polar surface area (TPSA) is 86.8 Å². The predicted octanol–water partition coefficient (Wildman–Crippen LogP) is 4.01. The van der Waals surface area contributed by atoms with Gasteiger partial charge in [0, 0.05) is 17.1 Å². The first kappa shape index (κ1) is 20.4. The second kappa shape index (κ2) is 8.79. The number of nitrogens with zero attached hydrogens (tertiary/aromatic N) is 1. The minimum absolute atomic E-state index is 0.305. The zero-order valence-electron chi connectivity index (χ0n) is 16.1. The number of fused-ring (bicyclic) bond motifs is 1. The molecule has 2 aromatic carbocycles. The number of nitrogens with one attached hydrogen (secondary N) is 1. The highest BCUT2D eigenvalue weighted by Crippen LogP contribution is 2.35. The summed E-state index contributed by atoms with van der Waals surface area (Å²) in [4.78, 5) is 29.2. The van der Waals surface area contributed by atoms with E-state index < -0.39 is 18.5 Å². The Bertz CT molecular complexity index is 1080. The van der Waals surface area contributed by atoms with Crippen LogP contribution in [0.5, 0.6) is 11.5 Å². The molecule has 1 aromatic heterocycles. The van der Waals surface area contributed by atoms with E-state index in [1.165, 1.54) is 20.3 Å². The van der Waals surface area contributed by atoms with Gasteiger partial charge in [-0.25, -0.2) is 4.79 Å². The van der Waals surface area contributed by atoms with E-state index in [1.807, 2.05) is 18.2 Å². The molecular formula is C21H19ClN2O5. The smallest absolute Gasteiger partial charge is 0.339 e. The van der Waals surface area contributed by atoms with Gasteiger partial charge in [0.05, 0.1) is 36.0 Å². The summed E-state index contributed by atoms with van der Waals surface area (Å²) in [6.07, 6.45) is 0. The fourth-order valence-corrected chi connectivity index (χ4v) is 3.07. The van der Waals surface area contributed by atoms with Crippen molar-refractivity contribution < 1.29 is 23.8 Å². The van der Waals surface area contributed by atoms with Crippen molar-refractivity contribution in [2.75, 3.05) is 26.1 Å². The molecule has 150 valence electrons. The lowest BCUT2D eigenvalue weighted by atomic mass is 10.1. The number of aromatic nitrogens is 1. The van der Waals surface area contributed by atoms with Crippen molar-refractivity contribution in [1.29, 1.82) is 0 Å². The van der Waals surface area contributed by atoms with Crippen molar-refractivity contribution in [2.45, 2.75) is 6.92 Å². The summed E-state index contributed by atoms with van der Waals surface area (Å²) in [7, 11) is 2.93. The number of aryl methyl sites for hydroxylation is 1. The maximum absolute atomic E-state index is 12.5. The molecule has 0 aliphatic carbocycles. The molecule has 0 fully saturated rings. The van der Waals surface area contributed by atoms with Gasteiger partial charge in [0.2, 0.25) is 0 Å². The molecule has 8 heteroatoms. The maximum atomic E-state index is 12.5. The zero-order chi connectivity index (χ0) is 21.0. The first-order chi connectivity index (χ1) is 13.9. The fraction of sp³-hybridized carbons (Fsp3) is 0.190. The quantitative estimate of drug-likeness (QED) is 0.613. The van der Waals surface area contributed by atoms with Crippen molar-refractivity contribution in [2.24, 2.45) is 0 Å². The van der Waals surface area contributed by atoms with E-state index >= 15 is 0 Å². The number of rotatable bonds is 6. The number of hydrogen-bond donors (Lipinski definition) is 1. The van der Waals surface area contributed by atoms with E-state index in [0.717, 1.165) is 0 Å². The molecule has 0 saturated carbocycles. The number of hydrogen-bond acceptors (Lipinski definition) is 6. The van der Waals surface area contributed by atoms with Crippen LogP contribution < -0.4 is 14.8 Å². The Kier molecular flexibility index (Phi) is 6.19. The maximum Gasteiger partial charge on any atom is 0.339 e. The van der Waals surface area contributed by atoms with Crippen molar-refractivity contribution in [1.82, 2.24) is 4.98 Å². The van der Waals surface area contributed by atoms with Crippen molar-refractivity contribution in [3.63, 3.8) is 0 Å². The minimum Gasteiger partial charge on any atom is -0.495 e. The van der Waals surface area contributed by atoms with Gasteiger partial charge in [-0.1, -0.05) is 29.8 Å². The van der Waals surface area contributed by atoms with Crippen LogP contribution in [-0.2, 0) is 9.53 Å². The van der Waals surface area contributed by atoms with Gasteiger partial charge in [-0.15, -0.1) is 0 Å². The third-order valence-corrected chi connectivity index (χ3v) is 4.44. The van der Waals surface area contributed by atoms with Crippen LogP contribution in [0.25, 0.3) is 10.9 Å². The predicted molar refractivity (Wildman–Crippen MR) is 110 cm³/mol. The number of benzene rings is 2. The minimum atomic E-state index is -0.610. The Morgan fingerprint density at radius 3 is 2.52 bits per heavy atom. The van der Waals surface area contributed by atoms with E-state index in [0.29, 0.717) is 44.4 Å². The molecule has 0 atom stereocenters. The van der Waals surface area contributed by atoms with Gasteiger partial charge < -0.3 is 19.5 Å². The lowest BCUT2D eigenvalue weighted by Gasteiger charge is -2.13. The lowest BCUT2D eigenvalue weighted by Crippen LogP contribution is -2.21. The molecule has 3 aromatic rings. The molecule has 0 spiro atoms. The Balaban J connectivity index is 1.72. The van der Waals surface area contributed by atoms with Gasteiger partial charge >= 0.3 is 5.97 Å². The first-order valence-electron chi connectivity index (χ1n) is 8.67. The molecule has 1 heterocycles. The number of pyridine rings is 1. The number of carbonyl (C=O) groups is 2. The van der Waals surface area contributed by atoms with E-state index in [9.17, 15) is 9.59 Å². The number of anilines is 1. The summed E-state index contributed by atoms with van der Waals surface area (Å²) >= 11 is 6.10. The van der Waals surface area contributed by atoms with Crippen molar-refractivity contribution in [3.05, 3.63) is 58.7 Å². The molecule has 0 aliphatic rings. The molecule has 3 rings (SSSR count). The summed E-state index contributed by atoms with van der Waals surface area (Å²) in [5.41, 5.74) is 2.05. The second-order valence-corrected chi connectivity index (χ2v) is 6.55. The Labute approximate surface area is 172 Å². The van der Waals surface area contributed by atoms with Crippen LogP contribution in [-0.4, -0.2) is 37.7 Å². The van der Waals surface area contributed by atoms with E-state index in [-0.39, 0.29) is 0 Å². The molecule has 1 amide bonds. The van der Waals surface area contributed by atoms with Gasteiger partial charge in [-0.2, -0.15) is 0 Å². The van der Waals surface area contributed by atoms with Crippen LogP contribution in [0, 0.1) is 6.92 Å². The van der Waals surface area contributed by atoms with Crippen molar-refractivity contribution >= 4 is 40.1 Å². The zero-order valence-corrected chi connectivity index (χ0v) is 16.9. The number of amides is 1. The number of methoxy groups -OCH3 is 2. The van der Waals surface area contributed by atoms with Crippen LogP contribution in [0.15, 0.2) is 42.5 Å². The monoisotopic (exact) mass is 414 g/mol. The summed E-state index contributed by atoms with van der Waals surface area (Å²) < 4.78 is 15.5. The lowest BCUT2D eigenvalue weighted by molar-refractivity contribution is -0.119. The van der Waals surface area contributed by atoms with E-state index in [4.69, 9.17) is 25.8 Å². The third kappa shape index (κ3) is 4.57. The Morgan fingerprint density at radius 1 is 1.07 bits per heavy atom. The number of esters is 1. The molecule has 1 N–H and O–H groups in total. The molecule has 29 heavy (non-hydrogen) atoms. The highest BCUT2D eigenvalue weighted by atomic mass is 35.5. The number of para-hydroxylation sites is 1. The molecule has 7 nitrogen and oxygen atoms in total. The first-order valence-corrected chi connectivity index (χ1v) is 9.05. The van der Waals surface area contributed by atoms with Gasteiger partial charge in [0.25, 0.3) is 5.91 Å². The highest BCUT2D eigenvalue weighted by Gasteiger charge is 2.17. The average molecular weight is 415 g/mol. The van der Waals surface area contributed by atoms with Gasteiger partial charge in [0.15, 0.2) is 6.61 Å². The summed E-state index contributed by atoms with van der Waals surface area (Å²) in [5.74, 6) is -0.371. The largest absolute Gasteiger partial charge is 0.495 e. The van der Waals surface area contributed by atoms with Crippen LogP contribution >= 0.6 is 11.6 Å². The third-order valence-electron chi connectivity index (χ3n) is 4.15. The van der Waals surface area contributed by atoms with Crippen LogP contribution in [0.1, 0.15) is 16.1 Å². The standard InChI is InChI=1S/C21H19ClN2O5/c1-12-8-14(13-6-4-5-7-16(13)23-12)21(26)29-11-20(25)24-17-9-15(22)18(27-2)10-19(17)28-3/h4-10H,11H2,1-3H3,(H,24,25). The van der Waals surface area contributed by atoms with Crippen LogP contribution in [0.4, 0.5) is 5.69 Å². The van der Waals surface area contributed by atoms with Crippen molar-refractivity contribution in [3.8, 4) is 11.5 Å². The molecule has 0 unspecified atom stereocenters. The molecule has 0 aliphatic heterocycles. The SMILES string of the molecule is COc1cc(OC)c(NC(=O)COC(=O)c2cc(C)nc3ccccc23)cc1Cl. The summed E-state index contributed by atoms with van der Waals surface area (Å²) in [6, 6.07) is 11.9. The molecule has 0 radical (unpaired) electrons. The summed E-state index contributed by atoms with van der Waals surface area (Å²) in [6.45, 7) is 1.32. The summed E-state index contributed by atoms with van der Waals surface area (Å²) in [5, 5.41) is 3.58. The number of halogens is 1. The second-order valence-electron chi connectivity index (χ2n) is 6.14.